The van der Waals surface area contributed by atoms with E-state index in [0.717, 1.165) is 30.4 Å². The Kier molecular flexibility index (Phi) is 4.65. The van der Waals surface area contributed by atoms with E-state index in [1.54, 1.807) is 31.2 Å². The molecule has 0 saturated heterocycles. The fourth-order valence-electron chi connectivity index (χ4n) is 3.25. The molecule has 4 nitrogen and oxygen atoms in total. The van der Waals surface area contributed by atoms with Gasteiger partial charge in [-0.05, 0) is 55.0 Å². The molecular weight excluding hydrogens is 302 g/mol. The third-order valence-corrected chi connectivity index (χ3v) is 4.73. The van der Waals surface area contributed by atoms with Crippen LogP contribution in [0.25, 0.3) is 0 Å². The molecule has 0 aliphatic heterocycles. The molecule has 1 aliphatic carbocycles. The van der Waals surface area contributed by atoms with Gasteiger partial charge in [-0.25, -0.2) is 0 Å². The molecular formula is C20H21NO3. The van der Waals surface area contributed by atoms with E-state index >= 15 is 0 Å². The molecule has 2 N–H and O–H groups in total. The van der Waals surface area contributed by atoms with Gasteiger partial charge in [-0.2, -0.15) is 0 Å². The molecule has 4 heteroatoms. The molecule has 2 atom stereocenters. The molecule has 1 amide bonds. The van der Waals surface area contributed by atoms with Crippen molar-refractivity contribution in [2.45, 2.75) is 38.0 Å². The van der Waals surface area contributed by atoms with E-state index in [2.05, 4.69) is 11.4 Å². The largest absolute Gasteiger partial charge is 0.481 e. The number of amides is 1. The summed E-state index contributed by atoms with van der Waals surface area (Å²) in [5, 5.41) is 12.0. The first-order valence-corrected chi connectivity index (χ1v) is 8.27. The molecule has 124 valence electrons. The van der Waals surface area contributed by atoms with Gasteiger partial charge in [0.15, 0.2) is 0 Å². The van der Waals surface area contributed by atoms with Crippen LogP contribution in [-0.4, -0.2) is 17.0 Å². The molecule has 0 saturated carbocycles. The first kappa shape index (κ1) is 16.2. The van der Waals surface area contributed by atoms with E-state index in [1.807, 2.05) is 18.2 Å². The summed E-state index contributed by atoms with van der Waals surface area (Å²) in [5.41, 5.74) is 3.81. The number of anilines is 1. The summed E-state index contributed by atoms with van der Waals surface area (Å²) in [6, 6.07) is 15.2. The number of aryl methyl sites for hydroxylation is 1. The highest BCUT2D eigenvalue weighted by Gasteiger charge is 2.26. The summed E-state index contributed by atoms with van der Waals surface area (Å²) >= 11 is 0. The minimum atomic E-state index is -0.856. The maximum Gasteiger partial charge on any atom is 0.310 e. The molecule has 0 aromatic heterocycles. The normalized spacial score (nSPS) is 17.6. The zero-order chi connectivity index (χ0) is 17.1. The van der Waals surface area contributed by atoms with Gasteiger partial charge >= 0.3 is 5.97 Å². The summed E-state index contributed by atoms with van der Waals surface area (Å²) in [6.45, 7) is 1.65. The Labute approximate surface area is 141 Å². The van der Waals surface area contributed by atoms with Crippen LogP contribution in [0, 0.1) is 0 Å². The second kappa shape index (κ2) is 6.87. The van der Waals surface area contributed by atoms with Gasteiger partial charge in [-0.15, -0.1) is 0 Å². The number of benzene rings is 2. The predicted octanol–water partition coefficient (Wildman–Crippen LogP) is 3.93. The summed E-state index contributed by atoms with van der Waals surface area (Å²) in [4.78, 5) is 23.7. The van der Waals surface area contributed by atoms with Crippen molar-refractivity contribution in [2.75, 3.05) is 5.32 Å². The highest BCUT2D eigenvalue weighted by atomic mass is 16.4. The van der Waals surface area contributed by atoms with Crippen molar-refractivity contribution in [2.24, 2.45) is 0 Å². The van der Waals surface area contributed by atoms with Crippen LogP contribution < -0.4 is 5.32 Å². The number of nitrogens with one attached hydrogen (secondary N) is 1. The Hall–Kier alpha value is -2.62. The second-order valence-electron chi connectivity index (χ2n) is 6.31. The van der Waals surface area contributed by atoms with E-state index < -0.39 is 11.9 Å². The molecule has 0 radical (unpaired) electrons. The number of fused-ring (bicyclic) bond motifs is 1. The molecule has 24 heavy (non-hydrogen) atoms. The maximum absolute atomic E-state index is 12.7. The minimum Gasteiger partial charge on any atom is -0.481 e. The van der Waals surface area contributed by atoms with Crippen LogP contribution in [0.3, 0.4) is 0 Å². The Morgan fingerprint density at radius 1 is 1.12 bits per heavy atom. The van der Waals surface area contributed by atoms with Crippen LogP contribution in [0.1, 0.15) is 48.3 Å². The summed E-state index contributed by atoms with van der Waals surface area (Å²) < 4.78 is 0. The van der Waals surface area contributed by atoms with Crippen molar-refractivity contribution < 1.29 is 14.7 Å². The van der Waals surface area contributed by atoms with E-state index in [4.69, 9.17) is 5.11 Å². The standard InChI is InChI=1S/C20H21NO3/c1-13(20(23)24)14-9-11-16(12-10-14)21-19(22)18-8-4-6-15-5-2-3-7-17(15)18/h2-3,5,7,9-13,18H,4,6,8H2,1H3,(H,21,22)(H,23,24). The molecule has 2 aromatic rings. The van der Waals surface area contributed by atoms with Gasteiger partial charge in [0, 0.05) is 5.69 Å². The lowest BCUT2D eigenvalue weighted by Gasteiger charge is -2.24. The molecule has 0 spiro atoms. The van der Waals surface area contributed by atoms with E-state index in [-0.39, 0.29) is 11.8 Å². The van der Waals surface area contributed by atoms with Crippen molar-refractivity contribution in [1.82, 2.24) is 0 Å². The SMILES string of the molecule is CC(C(=O)O)c1ccc(NC(=O)C2CCCc3ccccc32)cc1. The second-order valence-corrected chi connectivity index (χ2v) is 6.31. The number of carboxylic acid groups (broad SMARTS) is 1. The third kappa shape index (κ3) is 3.32. The van der Waals surface area contributed by atoms with E-state index in [1.165, 1.54) is 5.56 Å². The highest BCUT2D eigenvalue weighted by Crippen LogP contribution is 2.32. The number of carbonyl (C=O) groups excluding carboxylic acids is 1. The lowest BCUT2D eigenvalue weighted by molar-refractivity contribution is -0.138. The summed E-state index contributed by atoms with van der Waals surface area (Å²) in [5.74, 6) is -1.53. The van der Waals surface area contributed by atoms with Gasteiger partial charge in [0.05, 0.1) is 11.8 Å². The van der Waals surface area contributed by atoms with Gasteiger partial charge in [0.1, 0.15) is 0 Å². The minimum absolute atomic E-state index is 0.00110. The van der Waals surface area contributed by atoms with Gasteiger partial charge in [-0.3, -0.25) is 9.59 Å². The number of carbonyl (C=O) groups is 2. The molecule has 0 heterocycles. The highest BCUT2D eigenvalue weighted by molar-refractivity contribution is 5.96. The average Bonchev–Trinajstić information content (AvgIpc) is 2.61. The predicted molar refractivity (Wildman–Crippen MR) is 93.2 cm³/mol. The van der Waals surface area contributed by atoms with Crippen molar-refractivity contribution >= 4 is 17.6 Å². The first-order valence-electron chi connectivity index (χ1n) is 8.27. The number of hydrogen-bond acceptors (Lipinski definition) is 2. The summed E-state index contributed by atoms with van der Waals surface area (Å²) in [7, 11) is 0. The molecule has 2 aromatic carbocycles. The van der Waals surface area contributed by atoms with Gasteiger partial charge in [-0.1, -0.05) is 36.4 Å². The average molecular weight is 323 g/mol. The maximum atomic E-state index is 12.7. The van der Waals surface area contributed by atoms with Crippen LogP contribution in [0.2, 0.25) is 0 Å². The fourth-order valence-corrected chi connectivity index (χ4v) is 3.25. The number of hydrogen-bond donors (Lipinski definition) is 2. The number of aliphatic carboxylic acids is 1. The Morgan fingerprint density at radius 3 is 2.54 bits per heavy atom. The molecule has 2 unspecified atom stereocenters. The van der Waals surface area contributed by atoms with Crippen LogP contribution in [0.4, 0.5) is 5.69 Å². The number of rotatable bonds is 4. The molecule has 0 fully saturated rings. The monoisotopic (exact) mass is 323 g/mol. The van der Waals surface area contributed by atoms with Crippen LogP contribution in [0.15, 0.2) is 48.5 Å². The van der Waals surface area contributed by atoms with Crippen LogP contribution >= 0.6 is 0 Å². The summed E-state index contributed by atoms with van der Waals surface area (Å²) in [6.07, 6.45) is 2.91. The lowest BCUT2D eigenvalue weighted by atomic mass is 9.82. The van der Waals surface area contributed by atoms with E-state index in [0.29, 0.717) is 5.69 Å². The van der Waals surface area contributed by atoms with Crippen LogP contribution in [-0.2, 0) is 16.0 Å². The zero-order valence-corrected chi connectivity index (χ0v) is 13.7. The third-order valence-electron chi connectivity index (χ3n) is 4.73. The lowest BCUT2D eigenvalue weighted by Crippen LogP contribution is -2.24. The smallest absolute Gasteiger partial charge is 0.310 e. The Balaban J connectivity index is 1.73. The molecule has 1 aliphatic rings. The quantitative estimate of drug-likeness (QED) is 0.896. The topological polar surface area (TPSA) is 66.4 Å². The fraction of sp³-hybridized carbons (Fsp3) is 0.300. The first-order chi connectivity index (χ1) is 11.6. The zero-order valence-electron chi connectivity index (χ0n) is 13.7. The van der Waals surface area contributed by atoms with Gasteiger partial charge in [0.25, 0.3) is 0 Å². The van der Waals surface area contributed by atoms with E-state index in [9.17, 15) is 9.59 Å². The Bertz CT molecular complexity index is 752. The Morgan fingerprint density at radius 2 is 1.83 bits per heavy atom. The number of carboxylic acids is 1. The van der Waals surface area contributed by atoms with Crippen molar-refractivity contribution in [1.29, 1.82) is 0 Å². The van der Waals surface area contributed by atoms with Crippen molar-refractivity contribution in [3.8, 4) is 0 Å². The van der Waals surface area contributed by atoms with Gasteiger partial charge < -0.3 is 10.4 Å². The van der Waals surface area contributed by atoms with Gasteiger partial charge in [0.2, 0.25) is 5.91 Å². The molecule has 3 rings (SSSR count). The molecule has 0 bridgehead atoms. The van der Waals surface area contributed by atoms with Crippen molar-refractivity contribution in [3.63, 3.8) is 0 Å². The van der Waals surface area contributed by atoms with Crippen molar-refractivity contribution in [3.05, 3.63) is 65.2 Å². The van der Waals surface area contributed by atoms with Crippen LogP contribution in [0.5, 0.6) is 0 Å².